The van der Waals surface area contributed by atoms with Crippen LogP contribution >= 0.6 is 0 Å². The van der Waals surface area contributed by atoms with Crippen molar-refractivity contribution in [3.63, 3.8) is 0 Å². The molecule has 0 aromatic carbocycles. The van der Waals surface area contributed by atoms with Gasteiger partial charge >= 0.3 is 5.97 Å². The first-order chi connectivity index (χ1) is 9.15. The number of carbonyl (C=O) groups is 2. The molecular formula is C13H20N2O4. The van der Waals surface area contributed by atoms with Crippen LogP contribution in [0.3, 0.4) is 0 Å². The maximum atomic E-state index is 11.6. The third kappa shape index (κ3) is 5.56. The Morgan fingerprint density at radius 2 is 2.16 bits per heavy atom. The number of methoxy groups -OCH3 is 1. The number of aromatic nitrogens is 1. The molecule has 0 fully saturated rings. The molecule has 1 heterocycles. The molecule has 1 amide bonds. The van der Waals surface area contributed by atoms with E-state index in [9.17, 15) is 9.59 Å². The van der Waals surface area contributed by atoms with Crippen molar-refractivity contribution >= 4 is 11.9 Å². The third-order valence-corrected chi connectivity index (χ3v) is 2.71. The van der Waals surface area contributed by atoms with E-state index in [0.717, 1.165) is 25.9 Å². The Morgan fingerprint density at radius 3 is 2.84 bits per heavy atom. The van der Waals surface area contributed by atoms with Gasteiger partial charge < -0.3 is 19.7 Å². The van der Waals surface area contributed by atoms with Gasteiger partial charge in [0.1, 0.15) is 12.2 Å². The predicted molar refractivity (Wildman–Crippen MR) is 70.1 cm³/mol. The normalized spacial score (nSPS) is 10.4. The van der Waals surface area contributed by atoms with Crippen LogP contribution in [0.15, 0.2) is 18.3 Å². The van der Waals surface area contributed by atoms with Crippen molar-refractivity contribution in [2.24, 2.45) is 0 Å². The highest BCUT2D eigenvalue weighted by Crippen LogP contribution is 2.02. The number of carbonyl (C=O) groups excluding carboxylic acids is 1. The van der Waals surface area contributed by atoms with Gasteiger partial charge in [-0.3, -0.25) is 4.79 Å². The van der Waals surface area contributed by atoms with Gasteiger partial charge in [0.15, 0.2) is 0 Å². The van der Waals surface area contributed by atoms with Crippen molar-refractivity contribution in [2.45, 2.75) is 25.8 Å². The van der Waals surface area contributed by atoms with E-state index in [1.165, 1.54) is 10.6 Å². The van der Waals surface area contributed by atoms with Gasteiger partial charge in [0, 0.05) is 26.5 Å². The topological polar surface area (TPSA) is 80.6 Å². The second-order valence-corrected chi connectivity index (χ2v) is 4.23. The van der Waals surface area contributed by atoms with Crippen LogP contribution in [-0.2, 0) is 16.1 Å². The molecule has 0 saturated heterocycles. The number of carboxylic acid groups (broad SMARTS) is 1. The van der Waals surface area contributed by atoms with E-state index in [1.54, 1.807) is 19.4 Å². The summed E-state index contributed by atoms with van der Waals surface area (Å²) in [4.78, 5) is 22.5. The van der Waals surface area contributed by atoms with E-state index in [2.05, 4.69) is 5.32 Å². The Kier molecular flexibility index (Phi) is 6.67. The lowest BCUT2D eigenvalue weighted by Gasteiger charge is -2.07. The average Bonchev–Trinajstić information content (AvgIpc) is 2.81. The van der Waals surface area contributed by atoms with E-state index in [1.807, 2.05) is 0 Å². The molecule has 0 atom stereocenters. The number of amides is 1. The zero-order valence-corrected chi connectivity index (χ0v) is 11.1. The molecule has 0 aliphatic heterocycles. The number of carboxylic acids is 1. The lowest BCUT2D eigenvalue weighted by molar-refractivity contribution is -0.121. The van der Waals surface area contributed by atoms with Gasteiger partial charge in [-0.15, -0.1) is 0 Å². The first kappa shape index (κ1) is 15.2. The summed E-state index contributed by atoms with van der Waals surface area (Å²) in [6.07, 6.45) is 4.46. The van der Waals surface area contributed by atoms with E-state index >= 15 is 0 Å². The van der Waals surface area contributed by atoms with Crippen LogP contribution in [0, 0.1) is 0 Å². The lowest BCUT2D eigenvalue weighted by atomic mass is 10.2. The third-order valence-electron chi connectivity index (χ3n) is 2.71. The molecular weight excluding hydrogens is 248 g/mol. The monoisotopic (exact) mass is 268 g/mol. The van der Waals surface area contributed by atoms with E-state index in [0.29, 0.717) is 6.54 Å². The van der Waals surface area contributed by atoms with Gasteiger partial charge in [0.2, 0.25) is 5.91 Å². The highest BCUT2D eigenvalue weighted by molar-refractivity contribution is 5.86. The van der Waals surface area contributed by atoms with Crippen LogP contribution in [0.4, 0.5) is 0 Å². The molecule has 0 aliphatic carbocycles. The van der Waals surface area contributed by atoms with Crippen molar-refractivity contribution in [3.05, 3.63) is 24.0 Å². The SMILES string of the molecule is COCCCCCNC(=O)Cn1cccc1C(=O)O. The maximum absolute atomic E-state index is 11.6. The molecule has 6 heteroatoms. The van der Waals surface area contributed by atoms with Gasteiger partial charge in [-0.25, -0.2) is 4.79 Å². The average molecular weight is 268 g/mol. The molecule has 0 unspecified atom stereocenters. The Balaban J connectivity index is 2.24. The van der Waals surface area contributed by atoms with Crippen LogP contribution in [-0.4, -0.2) is 41.8 Å². The largest absolute Gasteiger partial charge is 0.477 e. The number of unbranched alkanes of at least 4 members (excludes halogenated alkanes) is 2. The van der Waals surface area contributed by atoms with Crippen LogP contribution in [0.25, 0.3) is 0 Å². The fraction of sp³-hybridized carbons (Fsp3) is 0.538. The minimum absolute atomic E-state index is 0.0344. The van der Waals surface area contributed by atoms with Crippen molar-refractivity contribution in [1.29, 1.82) is 0 Å². The van der Waals surface area contributed by atoms with E-state index < -0.39 is 5.97 Å². The first-order valence-electron chi connectivity index (χ1n) is 6.29. The van der Waals surface area contributed by atoms with Crippen molar-refractivity contribution < 1.29 is 19.4 Å². The molecule has 1 rings (SSSR count). The van der Waals surface area contributed by atoms with Crippen molar-refractivity contribution in [2.75, 3.05) is 20.3 Å². The van der Waals surface area contributed by atoms with Crippen LogP contribution in [0.2, 0.25) is 0 Å². The summed E-state index contributed by atoms with van der Waals surface area (Å²) in [6.45, 7) is 1.37. The van der Waals surface area contributed by atoms with Gasteiger partial charge in [0.25, 0.3) is 0 Å². The van der Waals surface area contributed by atoms with Crippen LogP contribution in [0.1, 0.15) is 29.8 Å². The van der Waals surface area contributed by atoms with Crippen molar-refractivity contribution in [3.8, 4) is 0 Å². The highest BCUT2D eigenvalue weighted by atomic mass is 16.5. The molecule has 106 valence electrons. The Morgan fingerprint density at radius 1 is 1.37 bits per heavy atom. The maximum Gasteiger partial charge on any atom is 0.352 e. The van der Waals surface area contributed by atoms with Crippen molar-refractivity contribution in [1.82, 2.24) is 9.88 Å². The summed E-state index contributed by atoms with van der Waals surface area (Å²) >= 11 is 0. The standard InChI is InChI=1S/C13H20N2O4/c1-19-9-4-2-3-7-14-12(16)10-15-8-5-6-11(15)13(17)18/h5-6,8H,2-4,7,9-10H2,1H3,(H,14,16)(H,17,18). The number of hydrogen-bond donors (Lipinski definition) is 2. The quantitative estimate of drug-likeness (QED) is 0.658. The molecule has 1 aromatic rings. The van der Waals surface area contributed by atoms with E-state index in [4.69, 9.17) is 9.84 Å². The summed E-state index contributed by atoms with van der Waals surface area (Å²) in [7, 11) is 1.67. The molecule has 1 aromatic heterocycles. The molecule has 0 bridgehead atoms. The molecule has 0 aliphatic rings. The smallest absolute Gasteiger partial charge is 0.352 e. The fourth-order valence-corrected chi connectivity index (χ4v) is 1.73. The minimum Gasteiger partial charge on any atom is -0.477 e. The number of nitrogens with zero attached hydrogens (tertiary/aromatic N) is 1. The number of ether oxygens (including phenoxy) is 1. The Bertz CT molecular complexity index is 415. The lowest BCUT2D eigenvalue weighted by Crippen LogP contribution is -2.29. The number of hydrogen-bond acceptors (Lipinski definition) is 3. The first-order valence-corrected chi connectivity index (χ1v) is 6.29. The summed E-state index contributed by atoms with van der Waals surface area (Å²) in [5, 5.41) is 11.7. The summed E-state index contributed by atoms with van der Waals surface area (Å²) < 4.78 is 6.35. The summed E-state index contributed by atoms with van der Waals surface area (Å²) in [6, 6.07) is 3.09. The predicted octanol–water partition coefficient (Wildman–Crippen LogP) is 1.12. The second-order valence-electron chi connectivity index (χ2n) is 4.23. The molecule has 0 saturated carbocycles. The number of rotatable bonds is 9. The van der Waals surface area contributed by atoms with E-state index in [-0.39, 0.29) is 18.1 Å². The number of aromatic carboxylic acids is 1. The summed E-state index contributed by atoms with van der Waals surface area (Å²) in [5.74, 6) is -1.21. The Hall–Kier alpha value is -1.82. The van der Waals surface area contributed by atoms with Gasteiger partial charge in [-0.2, -0.15) is 0 Å². The fourth-order valence-electron chi connectivity index (χ4n) is 1.73. The van der Waals surface area contributed by atoms with Gasteiger partial charge in [-0.1, -0.05) is 0 Å². The molecule has 19 heavy (non-hydrogen) atoms. The summed E-state index contributed by atoms with van der Waals surface area (Å²) in [5.41, 5.74) is 0.121. The second kappa shape index (κ2) is 8.31. The zero-order valence-electron chi connectivity index (χ0n) is 11.1. The minimum atomic E-state index is -1.03. The van der Waals surface area contributed by atoms with Crippen LogP contribution < -0.4 is 5.32 Å². The molecule has 0 spiro atoms. The number of nitrogens with one attached hydrogen (secondary N) is 1. The Labute approximate surface area is 112 Å². The molecule has 2 N–H and O–H groups in total. The molecule has 0 radical (unpaired) electrons. The molecule has 6 nitrogen and oxygen atoms in total. The van der Waals surface area contributed by atoms with Gasteiger partial charge in [0.05, 0.1) is 0 Å². The van der Waals surface area contributed by atoms with Crippen LogP contribution in [0.5, 0.6) is 0 Å². The van der Waals surface area contributed by atoms with Gasteiger partial charge in [-0.05, 0) is 31.4 Å². The zero-order chi connectivity index (χ0) is 14.1. The highest BCUT2D eigenvalue weighted by Gasteiger charge is 2.10.